The van der Waals surface area contributed by atoms with Gasteiger partial charge in [0.1, 0.15) is 6.04 Å². The second-order valence-electron chi connectivity index (χ2n) is 5.90. The van der Waals surface area contributed by atoms with Crippen molar-refractivity contribution in [1.82, 2.24) is 15.1 Å². The lowest BCUT2D eigenvalue weighted by molar-refractivity contribution is -0.118. The molecule has 1 fully saturated rings. The van der Waals surface area contributed by atoms with E-state index in [1.165, 1.54) is 18.5 Å². The molecule has 0 bridgehead atoms. The molecule has 138 valence electrons. The van der Waals surface area contributed by atoms with Crippen molar-refractivity contribution in [2.45, 2.75) is 18.9 Å². The Hall–Kier alpha value is -1.76. The number of hydrogen-bond donors (Lipinski definition) is 2. The van der Waals surface area contributed by atoms with Gasteiger partial charge in [-0.05, 0) is 38.1 Å². The van der Waals surface area contributed by atoms with Crippen LogP contribution in [-0.2, 0) is 11.8 Å². The van der Waals surface area contributed by atoms with E-state index in [1.54, 1.807) is 17.9 Å². The molecule has 0 spiro atoms. The van der Waals surface area contributed by atoms with Crippen LogP contribution in [-0.4, -0.2) is 35.8 Å². The SMILES string of the molecule is CNC(C(=O)Nc1cccc(N2CCCC2)c1)c1cnn(C)c1.Cl.Cl. The molecule has 2 heterocycles. The third-order valence-corrected chi connectivity index (χ3v) is 4.19. The van der Waals surface area contributed by atoms with Crippen LogP contribution in [0.5, 0.6) is 0 Å². The Labute approximate surface area is 160 Å². The fraction of sp³-hybridized carbons (Fsp3) is 0.412. The van der Waals surface area contributed by atoms with E-state index in [0.717, 1.165) is 24.3 Å². The summed E-state index contributed by atoms with van der Waals surface area (Å²) in [7, 11) is 3.62. The quantitative estimate of drug-likeness (QED) is 0.830. The lowest BCUT2D eigenvalue weighted by atomic mass is 10.1. The predicted molar refractivity (Wildman–Crippen MR) is 106 cm³/mol. The molecular weight excluding hydrogens is 361 g/mol. The van der Waals surface area contributed by atoms with Gasteiger partial charge in [0.2, 0.25) is 5.91 Å². The summed E-state index contributed by atoms with van der Waals surface area (Å²) < 4.78 is 1.70. The zero-order valence-corrected chi connectivity index (χ0v) is 16.1. The van der Waals surface area contributed by atoms with E-state index >= 15 is 0 Å². The van der Waals surface area contributed by atoms with Gasteiger partial charge in [0, 0.05) is 43.3 Å². The molecule has 1 saturated heterocycles. The van der Waals surface area contributed by atoms with E-state index in [0.29, 0.717) is 0 Å². The minimum absolute atomic E-state index is 0. The molecule has 1 unspecified atom stereocenters. The maximum absolute atomic E-state index is 12.6. The number of benzene rings is 1. The lowest BCUT2D eigenvalue weighted by Gasteiger charge is -2.19. The number of nitrogens with zero attached hydrogens (tertiary/aromatic N) is 3. The number of carbonyl (C=O) groups excluding carboxylic acids is 1. The van der Waals surface area contributed by atoms with Gasteiger partial charge >= 0.3 is 0 Å². The fourth-order valence-electron chi connectivity index (χ4n) is 3.01. The van der Waals surface area contributed by atoms with E-state index in [2.05, 4.69) is 26.7 Å². The third kappa shape index (κ3) is 5.11. The molecule has 1 amide bonds. The van der Waals surface area contributed by atoms with Crippen LogP contribution in [0.25, 0.3) is 0 Å². The minimum Gasteiger partial charge on any atom is -0.371 e. The van der Waals surface area contributed by atoms with Crippen molar-refractivity contribution >= 4 is 42.1 Å². The second kappa shape index (κ2) is 9.65. The van der Waals surface area contributed by atoms with Crippen LogP contribution >= 0.6 is 24.8 Å². The first-order chi connectivity index (χ1) is 11.2. The first kappa shape index (κ1) is 21.3. The number of hydrogen-bond acceptors (Lipinski definition) is 4. The van der Waals surface area contributed by atoms with Crippen molar-refractivity contribution in [3.63, 3.8) is 0 Å². The molecular formula is C17H25Cl2N5O. The Morgan fingerprint density at radius 1 is 1.24 bits per heavy atom. The molecule has 0 radical (unpaired) electrons. The summed E-state index contributed by atoms with van der Waals surface area (Å²) in [6, 6.07) is 7.63. The smallest absolute Gasteiger partial charge is 0.246 e. The maximum Gasteiger partial charge on any atom is 0.246 e. The van der Waals surface area contributed by atoms with Crippen molar-refractivity contribution in [1.29, 1.82) is 0 Å². The molecule has 0 saturated carbocycles. The van der Waals surface area contributed by atoms with Gasteiger partial charge in [-0.3, -0.25) is 9.48 Å². The minimum atomic E-state index is -0.417. The molecule has 8 heteroatoms. The highest BCUT2D eigenvalue weighted by Gasteiger charge is 2.20. The van der Waals surface area contributed by atoms with E-state index in [-0.39, 0.29) is 30.7 Å². The van der Waals surface area contributed by atoms with Gasteiger partial charge in [-0.1, -0.05) is 6.07 Å². The average molecular weight is 386 g/mol. The van der Waals surface area contributed by atoms with E-state index in [1.807, 2.05) is 31.4 Å². The number of anilines is 2. The van der Waals surface area contributed by atoms with Crippen LogP contribution in [0.3, 0.4) is 0 Å². The van der Waals surface area contributed by atoms with Crippen molar-refractivity contribution in [2.24, 2.45) is 7.05 Å². The molecule has 6 nitrogen and oxygen atoms in total. The van der Waals surface area contributed by atoms with Gasteiger partial charge in [0.25, 0.3) is 0 Å². The van der Waals surface area contributed by atoms with Crippen LogP contribution in [0.2, 0.25) is 0 Å². The largest absolute Gasteiger partial charge is 0.371 e. The molecule has 2 N–H and O–H groups in total. The van der Waals surface area contributed by atoms with Crippen LogP contribution in [0.15, 0.2) is 36.7 Å². The first-order valence-corrected chi connectivity index (χ1v) is 7.99. The Morgan fingerprint density at radius 3 is 2.56 bits per heavy atom. The first-order valence-electron chi connectivity index (χ1n) is 7.99. The zero-order chi connectivity index (χ0) is 16.2. The number of aromatic nitrogens is 2. The molecule has 1 aromatic carbocycles. The molecule has 2 aromatic rings. The average Bonchev–Trinajstić information content (AvgIpc) is 3.20. The lowest BCUT2D eigenvalue weighted by Crippen LogP contribution is -2.30. The molecule has 1 aliphatic rings. The summed E-state index contributed by atoms with van der Waals surface area (Å²) in [6.07, 6.45) is 6.03. The molecule has 3 rings (SSSR count). The molecule has 1 atom stereocenters. The molecule has 25 heavy (non-hydrogen) atoms. The summed E-state index contributed by atoms with van der Waals surface area (Å²) in [5, 5.41) is 10.2. The summed E-state index contributed by atoms with van der Waals surface area (Å²) in [6.45, 7) is 2.18. The Kier molecular flexibility index (Phi) is 8.22. The van der Waals surface area contributed by atoms with Gasteiger partial charge < -0.3 is 15.5 Å². The number of likely N-dealkylation sites (N-methyl/N-ethyl adjacent to an activating group) is 1. The fourth-order valence-corrected chi connectivity index (χ4v) is 3.01. The summed E-state index contributed by atoms with van der Waals surface area (Å²) in [4.78, 5) is 14.9. The second-order valence-corrected chi connectivity index (χ2v) is 5.90. The van der Waals surface area contributed by atoms with Gasteiger partial charge in [0.05, 0.1) is 6.20 Å². The monoisotopic (exact) mass is 385 g/mol. The number of rotatable bonds is 5. The summed E-state index contributed by atoms with van der Waals surface area (Å²) >= 11 is 0. The summed E-state index contributed by atoms with van der Waals surface area (Å²) in [5.41, 5.74) is 2.84. The highest BCUT2D eigenvalue weighted by atomic mass is 35.5. The van der Waals surface area contributed by atoms with Crippen LogP contribution < -0.4 is 15.5 Å². The van der Waals surface area contributed by atoms with E-state index < -0.39 is 6.04 Å². The zero-order valence-electron chi connectivity index (χ0n) is 14.4. The Bertz CT molecular complexity index is 685. The van der Waals surface area contributed by atoms with E-state index in [4.69, 9.17) is 0 Å². The number of carbonyl (C=O) groups is 1. The van der Waals surface area contributed by atoms with Gasteiger partial charge in [-0.25, -0.2) is 0 Å². The van der Waals surface area contributed by atoms with Crippen LogP contribution in [0.4, 0.5) is 11.4 Å². The van der Waals surface area contributed by atoms with Crippen molar-refractivity contribution in [3.05, 3.63) is 42.2 Å². The van der Waals surface area contributed by atoms with Gasteiger partial charge in [0.15, 0.2) is 0 Å². The van der Waals surface area contributed by atoms with E-state index in [9.17, 15) is 4.79 Å². The Balaban J connectivity index is 0.00000156. The van der Waals surface area contributed by atoms with Crippen molar-refractivity contribution < 1.29 is 4.79 Å². The Morgan fingerprint density at radius 2 is 1.96 bits per heavy atom. The van der Waals surface area contributed by atoms with Gasteiger partial charge in [-0.15, -0.1) is 24.8 Å². The normalized spacial score (nSPS) is 14.4. The van der Waals surface area contributed by atoms with Crippen LogP contribution in [0.1, 0.15) is 24.4 Å². The van der Waals surface area contributed by atoms with Crippen molar-refractivity contribution in [2.75, 3.05) is 30.4 Å². The molecule has 1 aliphatic heterocycles. The number of amides is 1. The third-order valence-electron chi connectivity index (χ3n) is 4.19. The molecule has 0 aliphatic carbocycles. The number of halogens is 2. The standard InChI is InChI=1S/C17H23N5O.2ClH/c1-18-16(13-11-19-21(2)12-13)17(23)20-14-6-5-7-15(10-14)22-8-3-4-9-22;;/h5-7,10-12,16,18H,3-4,8-9H2,1-2H3,(H,20,23);2*1H. The highest BCUT2D eigenvalue weighted by molar-refractivity contribution is 5.95. The number of nitrogens with one attached hydrogen (secondary N) is 2. The van der Waals surface area contributed by atoms with Gasteiger partial charge in [-0.2, -0.15) is 5.10 Å². The highest BCUT2D eigenvalue weighted by Crippen LogP contribution is 2.24. The molecule has 1 aromatic heterocycles. The van der Waals surface area contributed by atoms with Crippen molar-refractivity contribution in [3.8, 4) is 0 Å². The topological polar surface area (TPSA) is 62.2 Å². The van der Waals surface area contributed by atoms with Crippen LogP contribution in [0, 0.1) is 0 Å². The maximum atomic E-state index is 12.6. The number of aryl methyl sites for hydroxylation is 1. The summed E-state index contributed by atoms with van der Waals surface area (Å²) in [5.74, 6) is -0.0842. The predicted octanol–water partition coefficient (Wildman–Crippen LogP) is 2.76.